The summed E-state index contributed by atoms with van der Waals surface area (Å²) in [7, 11) is 3.19. The summed E-state index contributed by atoms with van der Waals surface area (Å²) in [6, 6.07) is 1.85. The summed E-state index contributed by atoms with van der Waals surface area (Å²) < 4.78 is 10.6. The molecule has 1 N–H and O–H groups in total. The zero-order valence-corrected chi connectivity index (χ0v) is 10.6. The van der Waals surface area contributed by atoms with Crippen molar-refractivity contribution in [3.8, 4) is 11.5 Å². The molecule has 0 heterocycles. The quantitative estimate of drug-likeness (QED) is 0.865. The number of aliphatic hydroxyl groups is 1. The van der Waals surface area contributed by atoms with Crippen LogP contribution >= 0.6 is 11.6 Å². The van der Waals surface area contributed by atoms with Crippen molar-refractivity contribution < 1.29 is 14.6 Å². The molecule has 0 aliphatic carbocycles. The number of halogens is 1. The van der Waals surface area contributed by atoms with Gasteiger partial charge in [0.2, 0.25) is 0 Å². The molecule has 0 atom stereocenters. The first-order chi connectivity index (χ1) is 7.65. The molecular weight excluding hydrogens is 228 g/mol. The molecule has 16 heavy (non-hydrogen) atoms. The highest BCUT2D eigenvalue weighted by Gasteiger charge is 2.15. The first kappa shape index (κ1) is 13.1. The van der Waals surface area contributed by atoms with Crippen molar-refractivity contribution in [3.63, 3.8) is 0 Å². The molecule has 0 bridgehead atoms. The molecule has 0 aromatic heterocycles. The van der Waals surface area contributed by atoms with Gasteiger partial charge in [0.15, 0.2) is 11.5 Å². The van der Waals surface area contributed by atoms with Gasteiger partial charge in [-0.05, 0) is 31.4 Å². The van der Waals surface area contributed by atoms with Gasteiger partial charge in [-0.15, -0.1) is 0 Å². The Bertz CT molecular complexity index is 364. The van der Waals surface area contributed by atoms with Crippen LogP contribution in [0.3, 0.4) is 0 Å². The maximum absolute atomic E-state index is 8.86. The molecule has 1 aromatic rings. The largest absolute Gasteiger partial charge is 0.493 e. The number of aryl methyl sites for hydroxylation is 1. The normalized spacial score (nSPS) is 10.3. The van der Waals surface area contributed by atoms with E-state index in [2.05, 4.69) is 0 Å². The third-order valence-corrected chi connectivity index (χ3v) is 2.99. The van der Waals surface area contributed by atoms with E-state index in [0.29, 0.717) is 29.4 Å². The van der Waals surface area contributed by atoms with Crippen LogP contribution in [0, 0.1) is 6.92 Å². The van der Waals surface area contributed by atoms with E-state index in [9.17, 15) is 0 Å². The first-order valence-corrected chi connectivity index (χ1v) is 5.54. The van der Waals surface area contributed by atoms with Crippen LogP contribution in [0.1, 0.15) is 17.5 Å². The molecular formula is C12H17ClO3. The van der Waals surface area contributed by atoms with Gasteiger partial charge in [0.1, 0.15) is 0 Å². The van der Waals surface area contributed by atoms with Crippen LogP contribution < -0.4 is 9.47 Å². The molecule has 0 unspecified atom stereocenters. The second kappa shape index (κ2) is 5.97. The predicted octanol–water partition coefficient (Wildman–Crippen LogP) is 2.59. The van der Waals surface area contributed by atoms with Crippen LogP contribution in [-0.2, 0) is 6.42 Å². The van der Waals surface area contributed by atoms with Crippen LogP contribution in [0.15, 0.2) is 6.07 Å². The Morgan fingerprint density at radius 3 is 2.50 bits per heavy atom. The summed E-state index contributed by atoms with van der Waals surface area (Å²) in [5.41, 5.74) is 1.85. The van der Waals surface area contributed by atoms with Crippen molar-refractivity contribution in [2.75, 3.05) is 20.8 Å². The topological polar surface area (TPSA) is 38.7 Å². The molecule has 4 heteroatoms. The van der Waals surface area contributed by atoms with Crippen molar-refractivity contribution in [2.24, 2.45) is 0 Å². The number of benzene rings is 1. The second-order valence-electron chi connectivity index (χ2n) is 3.55. The Morgan fingerprint density at radius 2 is 2.00 bits per heavy atom. The Morgan fingerprint density at radius 1 is 1.31 bits per heavy atom. The molecule has 90 valence electrons. The lowest BCUT2D eigenvalue weighted by Crippen LogP contribution is -2.00. The van der Waals surface area contributed by atoms with E-state index in [1.807, 2.05) is 13.0 Å². The first-order valence-electron chi connectivity index (χ1n) is 5.16. The smallest absolute Gasteiger partial charge is 0.165 e. The van der Waals surface area contributed by atoms with E-state index >= 15 is 0 Å². The van der Waals surface area contributed by atoms with Gasteiger partial charge in [-0.3, -0.25) is 0 Å². The van der Waals surface area contributed by atoms with E-state index in [1.165, 1.54) is 0 Å². The number of ether oxygens (including phenoxy) is 2. The molecule has 0 spiro atoms. The van der Waals surface area contributed by atoms with E-state index in [1.54, 1.807) is 14.2 Å². The van der Waals surface area contributed by atoms with Gasteiger partial charge < -0.3 is 14.6 Å². The Kier molecular flexibility index (Phi) is 4.90. The zero-order valence-electron chi connectivity index (χ0n) is 9.84. The average Bonchev–Trinajstić information content (AvgIpc) is 2.30. The predicted molar refractivity (Wildman–Crippen MR) is 64.7 cm³/mol. The Balaban J connectivity index is 3.23. The fourth-order valence-corrected chi connectivity index (χ4v) is 1.90. The third-order valence-electron chi connectivity index (χ3n) is 2.47. The third kappa shape index (κ3) is 2.60. The molecule has 0 radical (unpaired) electrons. The lowest BCUT2D eigenvalue weighted by molar-refractivity contribution is 0.287. The van der Waals surface area contributed by atoms with E-state index < -0.39 is 0 Å². The van der Waals surface area contributed by atoms with Crippen LogP contribution in [0.25, 0.3) is 0 Å². The van der Waals surface area contributed by atoms with Crippen LogP contribution in [-0.4, -0.2) is 25.9 Å². The number of aliphatic hydroxyl groups excluding tert-OH is 1. The SMILES string of the molecule is COc1cc(C)c(Cl)c(CCCO)c1OC. The molecule has 1 aromatic carbocycles. The summed E-state index contributed by atoms with van der Waals surface area (Å²) >= 11 is 6.22. The van der Waals surface area contributed by atoms with Gasteiger partial charge in [-0.25, -0.2) is 0 Å². The van der Waals surface area contributed by atoms with Crippen LogP contribution in [0.2, 0.25) is 5.02 Å². The molecule has 0 saturated carbocycles. The summed E-state index contributed by atoms with van der Waals surface area (Å²) in [5.74, 6) is 1.34. The fraction of sp³-hybridized carbons (Fsp3) is 0.500. The second-order valence-corrected chi connectivity index (χ2v) is 3.93. The van der Waals surface area contributed by atoms with E-state index in [4.69, 9.17) is 26.2 Å². The fourth-order valence-electron chi connectivity index (χ4n) is 1.67. The summed E-state index contributed by atoms with van der Waals surface area (Å²) in [6.45, 7) is 2.06. The summed E-state index contributed by atoms with van der Waals surface area (Å²) in [6.07, 6.45) is 1.33. The van der Waals surface area contributed by atoms with Crippen molar-refractivity contribution in [2.45, 2.75) is 19.8 Å². The van der Waals surface area contributed by atoms with Crippen molar-refractivity contribution in [1.82, 2.24) is 0 Å². The van der Waals surface area contributed by atoms with Crippen LogP contribution in [0.5, 0.6) is 11.5 Å². The number of methoxy groups -OCH3 is 2. The number of hydrogen-bond acceptors (Lipinski definition) is 3. The van der Waals surface area contributed by atoms with Gasteiger partial charge in [0, 0.05) is 12.2 Å². The van der Waals surface area contributed by atoms with Gasteiger partial charge in [-0.2, -0.15) is 0 Å². The van der Waals surface area contributed by atoms with Gasteiger partial charge in [0.05, 0.1) is 19.2 Å². The highest BCUT2D eigenvalue weighted by Crippen LogP contribution is 2.38. The van der Waals surface area contributed by atoms with Crippen molar-refractivity contribution >= 4 is 11.6 Å². The Hall–Kier alpha value is -0.930. The lowest BCUT2D eigenvalue weighted by Gasteiger charge is -2.16. The van der Waals surface area contributed by atoms with E-state index in [0.717, 1.165) is 11.1 Å². The minimum Gasteiger partial charge on any atom is -0.493 e. The molecule has 0 aliphatic rings. The maximum Gasteiger partial charge on any atom is 0.165 e. The van der Waals surface area contributed by atoms with Crippen LogP contribution in [0.4, 0.5) is 0 Å². The zero-order chi connectivity index (χ0) is 12.1. The Labute approximate surface area is 101 Å². The maximum atomic E-state index is 8.86. The summed E-state index contributed by atoms with van der Waals surface area (Å²) in [5, 5.41) is 9.55. The number of rotatable bonds is 5. The van der Waals surface area contributed by atoms with Gasteiger partial charge in [-0.1, -0.05) is 11.6 Å². The molecule has 0 fully saturated rings. The monoisotopic (exact) mass is 244 g/mol. The van der Waals surface area contributed by atoms with Crippen molar-refractivity contribution in [3.05, 3.63) is 22.2 Å². The molecule has 0 saturated heterocycles. The number of hydrogen-bond donors (Lipinski definition) is 1. The molecule has 1 rings (SSSR count). The van der Waals surface area contributed by atoms with E-state index in [-0.39, 0.29) is 6.61 Å². The standard InChI is InChI=1S/C12H17ClO3/c1-8-7-10(15-2)12(16-3)9(11(8)13)5-4-6-14/h7,14H,4-6H2,1-3H3. The highest BCUT2D eigenvalue weighted by molar-refractivity contribution is 6.32. The van der Waals surface area contributed by atoms with Gasteiger partial charge in [0.25, 0.3) is 0 Å². The highest BCUT2D eigenvalue weighted by atomic mass is 35.5. The molecule has 0 aliphatic heterocycles. The minimum absolute atomic E-state index is 0.135. The molecule has 0 amide bonds. The summed E-state index contributed by atoms with van der Waals surface area (Å²) in [4.78, 5) is 0. The lowest BCUT2D eigenvalue weighted by atomic mass is 10.0. The van der Waals surface area contributed by atoms with Gasteiger partial charge >= 0.3 is 0 Å². The minimum atomic E-state index is 0.135. The molecule has 3 nitrogen and oxygen atoms in total. The van der Waals surface area contributed by atoms with Crippen molar-refractivity contribution in [1.29, 1.82) is 0 Å². The average molecular weight is 245 g/mol.